The van der Waals surface area contributed by atoms with Crippen LogP contribution in [0.3, 0.4) is 0 Å². The highest BCUT2D eigenvalue weighted by Crippen LogP contribution is 2.22. The highest BCUT2D eigenvalue weighted by molar-refractivity contribution is 5.93. The third-order valence-corrected chi connectivity index (χ3v) is 3.33. The summed E-state index contributed by atoms with van der Waals surface area (Å²) in [5.74, 6) is -0.00536. The molecule has 5 nitrogen and oxygen atoms in total. The SMILES string of the molecule is N=C(N)c1ccc(-n2cnc3c2CCCC3)cn1. The lowest BCUT2D eigenvalue weighted by Crippen LogP contribution is -2.13. The standard InChI is InChI=1S/C13H15N5/c14-13(15)11-6-5-9(7-16-11)18-8-17-10-3-1-2-4-12(10)18/h5-8H,1-4H2,(H3,14,15). The van der Waals surface area contributed by atoms with Gasteiger partial charge in [-0.2, -0.15) is 0 Å². The first kappa shape index (κ1) is 11.0. The minimum Gasteiger partial charge on any atom is -0.382 e. The van der Waals surface area contributed by atoms with Gasteiger partial charge in [0.05, 0.1) is 23.9 Å². The van der Waals surface area contributed by atoms with Crippen molar-refractivity contribution in [3.63, 3.8) is 0 Å². The Labute approximate surface area is 105 Å². The Morgan fingerprint density at radius 3 is 2.78 bits per heavy atom. The number of rotatable bonds is 2. The average Bonchev–Trinajstić information content (AvgIpc) is 2.82. The van der Waals surface area contributed by atoms with Crippen molar-refractivity contribution in [3.8, 4) is 5.69 Å². The van der Waals surface area contributed by atoms with Gasteiger partial charge in [0, 0.05) is 5.69 Å². The number of nitrogens with two attached hydrogens (primary N) is 1. The molecule has 3 N–H and O–H groups in total. The zero-order valence-corrected chi connectivity index (χ0v) is 10.1. The summed E-state index contributed by atoms with van der Waals surface area (Å²) in [5.41, 5.74) is 9.38. The van der Waals surface area contributed by atoms with Crippen LogP contribution in [-0.4, -0.2) is 20.4 Å². The molecule has 5 heteroatoms. The van der Waals surface area contributed by atoms with Crippen LogP contribution in [0.5, 0.6) is 0 Å². The number of nitrogens with zero attached hydrogens (tertiary/aromatic N) is 3. The molecular weight excluding hydrogens is 226 g/mol. The van der Waals surface area contributed by atoms with Crippen molar-refractivity contribution in [1.29, 1.82) is 5.41 Å². The van der Waals surface area contributed by atoms with Crippen LogP contribution in [0.2, 0.25) is 0 Å². The summed E-state index contributed by atoms with van der Waals surface area (Å²) >= 11 is 0. The van der Waals surface area contributed by atoms with Crippen LogP contribution < -0.4 is 5.73 Å². The number of aromatic nitrogens is 3. The average molecular weight is 241 g/mol. The summed E-state index contributed by atoms with van der Waals surface area (Å²) in [7, 11) is 0. The summed E-state index contributed by atoms with van der Waals surface area (Å²) < 4.78 is 2.09. The Kier molecular flexibility index (Phi) is 2.59. The minimum atomic E-state index is -0.00536. The van der Waals surface area contributed by atoms with Gasteiger partial charge >= 0.3 is 0 Å². The molecule has 92 valence electrons. The molecular formula is C13H15N5. The zero-order valence-electron chi connectivity index (χ0n) is 10.1. The van der Waals surface area contributed by atoms with Crippen molar-refractivity contribution in [2.24, 2.45) is 5.73 Å². The van der Waals surface area contributed by atoms with Crippen LogP contribution in [0.25, 0.3) is 5.69 Å². The smallest absolute Gasteiger partial charge is 0.141 e. The topological polar surface area (TPSA) is 80.6 Å². The van der Waals surface area contributed by atoms with Crippen LogP contribution in [0, 0.1) is 5.41 Å². The number of amidine groups is 1. The summed E-state index contributed by atoms with van der Waals surface area (Å²) in [5, 5.41) is 7.33. The van der Waals surface area contributed by atoms with E-state index in [0.29, 0.717) is 5.69 Å². The van der Waals surface area contributed by atoms with Gasteiger partial charge in [0.2, 0.25) is 0 Å². The lowest BCUT2D eigenvalue weighted by atomic mass is 10.0. The summed E-state index contributed by atoms with van der Waals surface area (Å²) in [6.45, 7) is 0. The molecule has 0 saturated heterocycles. The summed E-state index contributed by atoms with van der Waals surface area (Å²) in [4.78, 5) is 8.64. The van der Waals surface area contributed by atoms with Crippen LogP contribution in [0.1, 0.15) is 29.9 Å². The van der Waals surface area contributed by atoms with Crippen LogP contribution in [0.15, 0.2) is 24.7 Å². The van der Waals surface area contributed by atoms with Crippen molar-refractivity contribution >= 4 is 5.84 Å². The lowest BCUT2D eigenvalue weighted by molar-refractivity contribution is 0.655. The fourth-order valence-electron chi connectivity index (χ4n) is 2.38. The molecule has 2 aromatic heterocycles. The van der Waals surface area contributed by atoms with E-state index in [1.165, 1.54) is 24.2 Å². The van der Waals surface area contributed by atoms with Gasteiger partial charge in [0.15, 0.2) is 0 Å². The Balaban J connectivity index is 1.99. The van der Waals surface area contributed by atoms with E-state index >= 15 is 0 Å². The monoisotopic (exact) mass is 241 g/mol. The Morgan fingerprint density at radius 2 is 2.06 bits per heavy atom. The molecule has 0 aliphatic heterocycles. The van der Waals surface area contributed by atoms with E-state index in [9.17, 15) is 0 Å². The second kappa shape index (κ2) is 4.25. The van der Waals surface area contributed by atoms with E-state index < -0.39 is 0 Å². The normalized spacial score (nSPS) is 14.2. The van der Waals surface area contributed by atoms with E-state index in [0.717, 1.165) is 18.5 Å². The molecule has 2 heterocycles. The second-order valence-electron chi connectivity index (χ2n) is 4.53. The highest BCUT2D eigenvalue weighted by Gasteiger charge is 2.16. The van der Waals surface area contributed by atoms with Crippen molar-refractivity contribution in [2.45, 2.75) is 25.7 Å². The van der Waals surface area contributed by atoms with Crippen LogP contribution in [0.4, 0.5) is 0 Å². The molecule has 3 rings (SSSR count). The molecule has 0 bridgehead atoms. The number of nitrogens with one attached hydrogen (secondary N) is 1. The highest BCUT2D eigenvalue weighted by atomic mass is 15.1. The van der Waals surface area contributed by atoms with Crippen molar-refractivity contribution in [3.05, 3.63) is 41.7 Å². The molecule has 0 amide bonds. The van der Waals surface area contributed by atoms with E-state index in [1.54, 1.807) is 12.3 Å². The molecule has 18 heavy (non-hydrogen) atoms. The molecule has 0 fully saturated rings. The molecule has 0 spiro atoms. The molecule has 2 aromatic rings. The van der Waals surface area contributed by atoms with E-state index in [1.807, 2.05) is 12.4 Å². The van der Waals surface area contributed by atoms with E-state index in [2.05, 4.69) is 14.5 Å². The maximum atomic E-state index is 7.33. The Bertz CT molecular complexity index is 582. The number of imidazole rings is 1. The number of hydrogen-bond donors (Lipinski definition) is 2. The molecule has 1 aliphatic carbocycles. The first-order valence-corrected chi connectivity index (χ1v) is 6.11. The second-order valence-corrected chi connectivity index (χ2v) is 4.53. The van der Waals surface area contributed by atoms with Gasteiger partial charge in [-0.05, 0) is 37.8 Å². The third kappa shape index (κ3) is 1.77. The van der Waals surface area contributed by atoms with Gasteiger partial charge in [-0.3, -0.25) is 10.4 Å². The van der Waals surface area contributed by atoms with Gasteiger partial charge in [-0.25, -0.2) is 4.98 Å². The van der Waals surface area contributed by atoms with Gasteiger partial charge in [0.1, 0.15) is 11.5 Å². The van der Waals surface area contributed by atoms with Gasteiger partial charge < -0.3 is 10.3 Å². The molecule has 0 radical (unpaired) electrons. The first-order valence-electron chi connectivity index (χ1n) is 6.11. The quantitative estimate of drug-likeness (QED) is 0.616. The first-order chi connectivity index (χ1) is 8.75. The largest absolute Gasteiger partial charge is 0.382 e. The van der Waals surface area contributed by atoms with Crippen molar-refractivity contribution in [1.82, 2.24) is 14.5 Å². The Hall–Kier alpha value is -2.17. The minimum absolute atomic E-state index is 0.00536. The van der Waals surface area contributed by atoms with Crippen LogP contribution >= 0.6 is 0 Å². The van der Waals surface area contributed by atoms with Gasteiger partial charge in [0.25, 0.3) is 0 Å². The molecule has 0 aromatic carbocycles. The maximum absolute atomic E-state index is 7.33. The Morgan fingerprint density at radius 1 is 1.22 bits per heavy atom. The maximum Gasteiger partial charge on any atom is 0.141 e. The van der Waals surface area contributed by atoms with E-state index in [-0.39, 0.29) is 5.84 Å². The van der Waals surface area contributed by atoms with Gasteiger partial charge in [-0.1, -0.05) is 0 Å². The fourth-order valence-corrected chi connectivity index (χ4v) is 2.38. The van der Waals surface area contributed by atoms with Crippen molar-refractivity contribution in [2.75, 3.05) is 0 Å². The number of fused-ring (bicyclic) bond motifs is 1. The van der Waals surface area contributed by atoms with E-state index in [4.69, 9.17) is 11.1 Å². The summed E-state index contributed by atoms with van der Waals surface area (Å²) in [6.07, 6.45) is 8.20. The zero-order chi connectivity index (χ0) is 12.5. The number of nitrogen functional groups attached to an aromatic ring is 1. The molecule has 0 atom stereocenters. The number of aryl methyl sites for hydroxylation is 1. The third-order valence-electron chi connectivity index (χ3n) is 3.33. The fraction of sp³-hybridized carbons (Fsp3) is 0.308. The molecule has 0 unspecified atom stereocenters. The molecule has 1 aliphatic rings. The molecule has 0 saturated carbocycles. The predicted molar refractivity (Wildman–Crippen MR) is 69.0 cm³/mol. The van der Waals surface area contributed by atoms with Crippen molar-refractivity contribution < 1.29 is 0 Å². The predicted octanol–water partition coefficient (Wildman–Crippen LogP) is 1.43. The summed E-state index contributed by atoms with van der Waals surface area (Å²) in [6, 6.07) is 3.70. The van der Waals surface area contributed by atoms with Crippen LogP contribution in [-0.2, 0) is 12.8 Å². The number of hydrogen-bond acceptors (Lipinski definition) is 3. The number of pyridine rings is 1. The lowest BCUT2D eigenvalue weighted by Gasteiger charge is -2.13. The van der Waals surface area contributed by atoms with Gasteiger partial charge in [-0.15, -0.1) is 0 Å².